The second-order valence-electron chi connectivity index (χ2n) is 4.90. The number of ether oxygens (including phenoxy) is 1. The summed E-state index contributed by atoms with van der Waals surface area (Å²) in [5.41, 5.74) is 0.620. The highest BCUT2D eigenvalue weighted by Crippen LogP contribution is 2.22. The van der Waals surface area contributed by atoms with Crippen molar-refractivity contribution < 1.29 is 19.7 Å². The highest BCUT2D eigenvalue weighted by Gasteiger charge is 2.18. The molecular formula is C14H21NO4. The van der Waals surface area contributed by atoms with Gasteiger partial charge in [0.15, 0.2) is 0 Å². The first kappa shape index (κ1) is 15.3. The van der Waals surface area contributed by atoms with Crippen molar-refractivity contribution in [2.75, 3.05) is 7.11 Å². The number of carbonyl (C=O) groups is 1. The molecule has 0 radical (unpaired) electrons. The van der Waals surface area contributed by atoms with Crippen molar-refractivity contribution in [2.45, 2.75) is 32.9 Å². The summed E-state index contributed by atoms with van der Waals surface area (Å²) in [6, 6.07) is 4.26. The monoisotopic (exact) mass is 267 g/mol. The molecule has 0 aromatic heterocycles. The lowest BCUT2D eigenvalue weighted by Crippen LogP contribution is -2.37. The number of methoxy groups -OCH3 is 1. The third-order valence-corrected chi connectivity index (χ3v) is 2.83. The quantitative estimate of drug-likeness (QED) is 0.704. The van der Waals surface area contributed by atoms with Crippen molar-refractivity contribution in [1.29, 1.82) is 0 Å². The summed E-state index contributed by atoms with van der Waals surface area (Å²) in [5, 5.41) is 21.8. The maximum Gasteiger partial charge on any atom is 0.320 e. The molecule has 0 amide bonds. The fraction of sp³-hybridized carbons (Fsp3) is 0.500. The Morgan fingerprint density at radius 3 is 2.63 bits per heavy atom. The average Bonchev–Trinajstić information content (AvgIpc) is 2.35. The lowest BCUT2D eigenvalue weighted by molar-refractivity contribution is -0.140. The average molecular weight is 267 g/mol. The number of aliphatic carboxylic acids is 1. The van der Waals surface area contributed by atoms with Gasteiger partial charge in [-0.3, -0.25) is 4.79 Å². The zero-order valence-corrected chi connectivity index (χ0v) is 11.5. The maximum absolute atomic E-state index is 11.1. The summed E-state index contributed by atoms with van der Waals surface area (Å²) in [7, 11) is 1.54. The Hall–Kier alpha value is -1.75. The number of carboxylic acids is 1. The van der Waals surface area contributed by atoms with Gasteiger partial charge in [-0.15, -0.1) is 0 Å². The highest BCUT2D eigenvalue weighted by atomic mass is 16.5. The van der Waals surface area contributed by atoms with Gasteiger partial charge in [0, 0.05) is 12.1 Å². The SMILES string of the molecule is COc1ccc(O)c(CNC(CC(C)C)C(=O)O)c1. The van der Waals surface area contributed by atoms with E-state index in [0.717, 1.165) is 0 Å². The zero-order chi connectivity index (χ0) is 14.4. The molecule has 5 heteroatoms. The Morgan fingerprint density at radius 2 is 2.11 bits per heavy atom. The standard InChI is InChI=1S/C14H21NO4/c1-9(2)6-12(14(17)18)15-8-10-7-11(19-3)4-5-13(10)16/h4-5,7,9,12,15-16H,6,8H2,1-3H3,(H,17,18). The molecule has 0 aliphatic heterocycles. The molecule has 0 heterocycles. The molecule has 0 bridgehead atoms. The van der Waals surface area contributed by atoms with E-state index in [1.165, 1.54) is 6.07 Å². The molecule has 1 atom stereocenters. The van der Waals surface area contributed by atoms with Gasteiger partial charge in [0.2, 0.25) is 0 Å². The van der Waals surface area contributed by atoms with Gasteiger partial charge in [-0.25, -0.2) is 0 Å². The number of nitrogens with one attached hydrogen (secondary N) is 1. The third-order valence-electron chi connectivity index (χ3n) is 2.83. The molecule has 1 aromatic carbocycles. The van der Waals surface area contributed by atoms with Crippen LogP contribution in [0.4, 0.5) is 0 Å². The Kier molecular flexibility index (Phi) is 5.63. The molecule has 0 saturated heterocycles. The van der Waals surface area contributed by atoms with Crippen LogP contribution in [0.25, 0.3) is 0 Å². The first-order valence-corrected chi connectivity index (χ1v) is 6.26. The minimum atomic E-state index is -0.879. The number of phenols is 1. The molecule has 0 aliphatic carbocycles. The third kappa shape index (κ3) is 4.79. The van der Waals surface area contributed by atoms with Crippen molar-refractivity contribution >= 4 is 5.97 Å². The predicted octanol–water partition coefficient (Wildman–Crippen LogP) is 1.99. The van der Waals surface area contributed by atoms with Gasteiger partial charge in [-0.05, 0) is 30.5 Å². The summed E-state index contributed by atoms with van der Waals surface area (Å²) in [6.45, 7) is 4.23. The summed E-state index contributed by atoms with van der Waals surface area (Å²) in [6.07, 6.45) is 0.542. The molecule has 1 unspecified atom stereocenters. The molecule has 5 nitrogen and oxygen atoms in total. The van der Waals surface area contributed by atoms with Gasteiger partial charge in [0.25, 0.3) is 0 Å². The Morgan fingerprint density at radius 1 is 1.42 bits per heavy atom. The topological polar surface area (TPSA) is 78.8 Å². The summed E-state index contributed by atoms with van der Waals surface area (Å²) in [5.74, 6) is 0.163. The lowest BCUT2D eigenvalue weighted by Gasteiger charge is -2.17. The molecule has 0 fully saturated rings. The second kappa shape index (κ2) is 6.99. The molecule has 0 aliphatic rings. The fourth-order valence-corrected chi connectivity index (χ4v) is 1.81. The van der Waals surface area contributed by atoms with E-state index in [9.17, 15) is 9.90 Å². The van der Waals surface area contributed by atoms with E-state index in [-0.39, 0.29) is 18.2 Å². The number of hydrogen-bond donors (Lipinski definition) is 3. The van der Waals surface area contributed by atoms with E-state index < -0.39 is 12.0 Å². The summed E-state index contributed by atoms with van der Waals surface area (Å²) >= 11 is 0. The van der Waals surface area contributed by atoms with E-state index in [1.807, 2.05) is 13.8 Å². The molecule has 1 aromatic rings. The van der Waals surface area contributed by atoms with Crippen molar-refractivity contribution in [3.8, 4) is 11.5 Å². The van der Waals surface area contributed by atoms with Crippen LogP contribution >= 0.6 is 0 Å². The largest absolute Gasteiger partial charge is 0.508 e. The van der Waals surface area contributed by atoms with E-state index in [2.05, 4.69) is 5.32 Å². The predicted molar refractivity (Wildman–Crippen MR) is 72.4 cm³/mol. The number of hydrogen-bond acceptors (Lipinski definition) is 4. The van der Waals surface area contributed by atoms with E-state index in [0.29, 0.717) is 17.7 Å². The number of phenolic OH excluding ortho intramolecular Hbond substituents is 1. The van der Waals surface area contributed by atoms with Crippen molar-refractivity contribution in [2.24, 2.45) is 5.92 Å². The molecule has 1 rings (SSSR count). The van der Waals surface area contributed by atoms with Gasteiger partial charge in [-0.2, -0.15) is 0 Å². The van der Waals surface area contributed by atoms with E-state index in [1.54, 1.807) is 19.2 Å². The smallest absolute Gasteiger partial charge is 0.320 e. The summed E-state index contributed by atoms with van der Waals surface area (Å²) in [4.78, 5) is 11.1. The van der Waals surface area contributed by atoms with Crippen LogP contribution < -0.4 is 10.1 Å². The minimum absolute atomic E-state index is 0.127. The normalized spacial score (nSPS) is 12.4. The first-order chi connectivity index (χ1) is 8.93. The van der Waals surface area contributed by atoms with Crippen molar-refractivity contribution in [3.63, 3.8) is 0 Å². The molecule has 106 valence electrons. The van der Waals surface area contributed by atoms with Gasteiger partial charge in [0.1, 0.15) is 17.5 Å². The molecule has 0 spiro atoms. The van der Waals surface area contributed by atoms with Crippen molar-refractivity contribution in [1.82, 2.24) is 5.32 Å². The zero-order valence-electron chi connectivity index (χ0n) is 11.5. The first-order valence-electron chi connectivity index (χ1n) is 6.26. The van der Waals surface area contributed by atoms with Crippen LogP contribution in [0.1, 0.15) is 25.8 Å². The second-order valence-corrected chi connectivity index (χ2v) is 4.90. The Bertz CT molecular complexity index is 431. The van der Waals surface area contributed by atoms with Crippen LogP contribution in [0.2, 0.25) is 0 Å². The number of rotatable bonds is 7. The molecule has 3 N–H and O–H groups in total. The van der Waals surface area contributed by atoms with Crippen LogP contribution in [0.5, 0.6) is 11.5 Å². The Balaban J connectivity index is 2.70. The maximum atomic E-state index is 11.1. The van der Waals surface area contributed by atoms with Crippen LogP contribution in [0, 0.1) is 5.92 Å². The number of aromatic hydroxyl groups is 1. The van der Waals surface area contributed by atoms with Gasteiger partial charge in [-0.1, -0.05) is 13.8 Å². The van der Waals surface area contributed by atoms with E-state index >= 15 is 0 Å². The van der Waals surface area contributed by atoms with Crippen LogP contribution in [0.15, 0.2) is 18.2 Å². The minimum Gasteiger partial charge on any atom is -0.508 e. The fourth-order valence-electron chi connectivity index (χ4n) is 1.81. The Labute approximate surface area is 113 Å². The van der Waals surface area contributed by atoms with Crippen LogP contribution in [-0.4, -0.2) is 29.3 Å². The number of benzene rings is 1. The molecule has 19 heavy (non-hydrogen) atoms. The highest BCUT2D eigenvalue weighted by molar-refractivity contribution is 5.73. The number of carboxylic acid groups (broad SMARTS) is 1. The van der Waals surface area contributed by atoms with Crippen molar-refractivity contribution in [3.05, 3.63) is 23.8 Å². The van der Waals surface area contributed by atoms with Gasteiger partial charge < -0.3 is 20.3 Å². The summed E-state index contributed by atoms with van der Waals surface area (Å²) < 4.78 is 5.07. The molecule has 0 saturated carbocycles. The molecular weight excluding hydrogens is 246 g/mol. The van der Waals surface area contributed by atoms with E-state index in [4.69, 9.17) is 9.84 Å². The van der Waals surface area contributed by atoms with Crippen LogP contribution in [0.3, 0.4) is 0 Å². The van der Waals surface area contributed by atoms with Gasteiger partial charge >= 0.3 is 5.97 Å². The van der Waals surface area contributed by atoms with Crippen LogP contribution in [-0.2, 0) is 11.3 Å². The lowest BCUT2D eigenvalue weighted by atomic mass is 10.0. The van der Waals surface area contributed by atoms with Gasteiger partial charge in [0.05, 0.1) is 7.11 Å².